The second-order valence-electron chi connectivity index (χ2n) is 6.59. The Bertz CT molecular complexity index is 645. The number of fused-ring (bicyclic) bond motifs is 1. The molecule has 0 radical (unpaired) electrons. The fraction of sp³-hybridized carbons (Fsp3) is 0.500. The zero-order valence-electron chi connectivity index (χ0n) is 13.0. The van der Waals surface area contributed by atoms with Gasteiger partial charge in [-0.05, 0) is 36.3 Å². The summed E-state index contributed by atoms with van der Waals surface area (Å²) in [7, 11) is 0. The van der Waals surface area contributed by atoms with E-state index >= 15 is 0 Å². The number of nitrogens with one attached hydrogen (secondary N) is 1. The Morgan fingerprint density at radius 3 is 3.14 bits per heavy atom. The van der Waals surface area contributed by atoms with E-state index < -0.39 is 0 Å². The molecule has 116 valence electrons. The molecular weight excluding hydrogens is 274 g/mol. The summed E-state index contributed by atoms with van der Waals surface area (Å²) in [6.07, 6.45) is 7.85. The SMILES string of the molecule is C[C@@H]1Cc2ccccc2[C@@H]1Nc1cnn(C[C@@H]2CCCO2)c1. The molecular formula is C18H23N3O. The van der Waals surface area contributed by atoms with Gasteiger partial charge >= 0.3 is 0 Å². The summed E-state index contributed by atoms with van der Waals surface area (Å²) in [5.74, 6) is 0.610. The van der Waals surface area contributed by atoms with Crippen LogP contribution in [0, 0.1) is 5.92 Å². The summed E-state index contributed by atoms with van der Waals surface area (Å²) >= 11 is 0. The van der Waals surface area contributed by atoms with Gasteiger partial charge in [0.1, 0.15) is 0 Å². The van der Waals surface area contributed by atoms with Gasteiger partial charge in [-0.3, -0.25) is 4.68 Å². The van der Waals surface area contributed by atoms with E-state index in [4.69, 9.17) is 4.74 Å². The predicted molar refractivity (Wildman–Crippen MR) is 86.9 cm³/mol. The van der Waals surface area contributed by atoms with Gasteiger partial charge in [-0.2, -0.15) is 5.10 Å². The van der Waals surface area contributed by atoms with E-state index in [2.05, 4.69) is 47.8 Å². The first-order chi connectivity index (χ1) is 10.8. The normalized spacial score (nSPS) is 27.0. The monoisotopic (exact) mass is 297 g/mol. The molecule has 4 rings (SSSR count). The third-order valence-corrected chi connectivity index (χ3v) is 4.87. The highest BCUT2D eigenvalue weighted by atomic mass is 16.5. The molecule has 22 heavy (non-hydrogen) atoms. The number of hydrogen-bond acceptors (Lipinski definition) is 3. The number of nitrogens with zero attached hydrogens (tertiary/aromatic N) is 2. The van der Waals surface area contributed by atoms with E-state index in [1.54, 1.807) is 0 Å². The first-order valence-corrected chi connectivity index (χ1v) is 8.28. The lowest BCUT2D eigenvalue weighted by molar-refractivity contribution is 0.0940. The average Bonchev–Trinajstić information content (AvgIpc) is 3.23. The van der Waals surface area contributed by atoms with Crippen LogP contribution in [0.25, 0.3) is 0 Å². The molecule has 1 aliphatic heterocycles. The van der Waals surface area contributed by atoms with Crippen molar-refractivity contribution in [1.29, 1.82) is 0 Å². The number of aromatic nitrogens is 2. The Morgan fingerprint density at radius 1 is 1.36 bits per heavy atom. The molecule has 1 N–H and O–H groups in total. The molecule has 0 saturated carbocycles. The maximum Gasteiger partial charge on any atom is 0.0771 e. The largest absolute Gasteiger partial charge is 0.376 e. The molecule has 1 aromatic heterocycles. The van der Waals surface area contributed by atoms with Crippen LogP contribution in [-0.4, -0.2) is 22.5 Å². The summed E-state index contributed by atoms with van der Waals surface area (Å²) in [6, 6.07) is 9.14. The highest BCUT2D eigenvalue weighted by molar-refractivity contribution is 5.46. The minimum absolute atomic E-state index is 0.332. The number of anilines is 1. The molecule has 2 aromatic rings. The average molecular weight is 297 g/mol. The number of rotatable bonds is 4. The maximum atomic E-state index is 5.68. The maximum absolute atomic E-state index is 5.68. The minimum atomic E-state index is 0.332. The molecule has 3 atom stereocenters. The Hall–Kier alpha value is -1.81. The molecule has 0 unspecified atom stereocenters. The van der Waals surface area contributed by atoms with Crippen molar-refractivity contribution in [3.63, 3.8) is 0 Å². The summed E-state index contributed by atoms with van der Waals surface area (Å²) in [4.78, 5) is 0. The molecule has 1 aromatic carbocycles. The van der Waals surface area contributed by atoms with E-state index in [0.29, 0.717) is 18.1 Å². The van der Waals surface area contributed by atoms with Gasteiger partial charge in [0.05, 0.1) is 30.6 Å². The molecule has 4 heteroatoms. The summed E-state index contributed by atoms with van der Waals surface area (Å²) in [5, 5.41) is 8.14. The Labute approximate surface area is 131 Å². The molecule has 1 saturated heterocycles. The topological polar surface area (TPSA) is 39.1 Å². The van der Waals surface area contributed by atoms with Crippen molar-refractivity contribution in [3.8, 4) is 0 Å². The van der Waals surface area contributed by atoms with Crippen molar-refractivity contribution in [1.82, 2.24) is 9.78 Å². The summed E-state index contributed by atoms with van der Waals surface area (Å²) < 4.78 is 7.69. The van der Waals surface area contributed by atoms with Crippen molar-refractivity contribution in [2.75, 3.05) is 11.9 Å². The molecule has 1 fully saturated rings. The van der Waals surface area contributed by atoms with E-state index in [0.717, 1.165) is 31.7 Å². The molecule has 2 heterocycles. The molecule has 4 nitrogen and oxygen atoms in total. The standard InChI is InChI=1S/C18H23N3O/c1-13-9-14-5-2-3-7-17(14)18(13)20-15-10-19-21(11-15)12-16-6-4-8-22-16/h2-3,5,7,10-11,13,16,18,20H,4,6,8-9,12H2,1H3/t13-,16+,18-/m1/s1. The molecule has 0 amide bonds. The molecule has 1 aliphatic carbocycles. The highest BCUT2D eigenvalue weighted by Gasteiger charge is 2.29. The van der Waals surface area contributed by atoms with Crippen molar-refractivity contribution in [2.24, 2.45) is 5.92 Å². The predicted octanol–water partition coefficient (Wildman–Crippen LogP) is 3.41. The fourth-order valence-electron chi connectivity index (χ4n) is 3.73. The van der Waals surface area contributed by atoms with Crippen LogP contribution in [0.4, 0.5) is 5.69 Å². The van der Waals surface area contributed by atoms with Crippen molar-refractivity contribution in [2.45, 2.75) is 44.9 Å². The van der Waals surface area contributed by atoms with Crippen LogP contribution in [0.5, 0.6) is 0 Å². The molecule has 2 aliphatic rings. The van der Waals surface area contributed by atoms with Crippen LogP contribution in [0.2, 0.25) is 0 Å². The van der Waals surface area contributed by atoms with E-state index in [1.165, 1.54) is 17.5 Å². The highest BCUT2D eigenvalue weighted by Crippen LogP contribution is 2.37. The first kappa shape index (κ1) is 13.8. The van der Waals surface area contributed by atoms with Gasteiger partial charge < -0.3 is 10.1 Å². The summed E-state index contributed by atoms with van der Waals surface area (Å²) in [5.41, 5.74) is 4.01. The number of hydrogen-bond donors (Lipinski definition) is 1. The van der Waals surface area contributed by atoms with Crippen LogP contribution in [0.3, 0.4) is 0 Å². The quantitative estimate of drug-likeness (QED) is 0.940. The Kier molecular flexibility index (Phi) is 3.62. The lowest BCUT2D eigenvalue weighted by atomic mass is 10.0. The minimum Gasteiger partial charge on any atom is -0.376 e. The number of benzene rings is 1. The van der Waals surface area contributed by atoms with Gasteiger partial charge in [-0.1, -0.05) is 31.2 Å². The van der Waals surface area contributed by atoms with Gasteiger partial charge in [-0.15, -0.1) is 0 Å². The van der Waals surface area contributed by atoms with Crippen molar-refractivity contribution >= 4 is 5.69 Å². The van der Waals surface area contributed by atoms with Gasteiger partial charge in [-0.25, -0.2) is 0 Å². The van der Waals surface area contributed by atoms with Gasteiger partial charge in [0.15, 0.2) is 0 Å². The van der Waals surface area contributed by atoms with E-state index in [-0.39, 0.29) is 0 Å². The third kappa shape index (κ3) is 2.63. The van der Waals surface area contributed by atoms with Crippen LogP contribution < -0.4 is 5.32 Å². The summed E-state index contributed by atoms with van der Waals surface area (Å²) in [6.45, 7) is 4.07. The second-order valence-corrected chi connectivity index (χ2v) is 6.59. The zero-order valence-corrected chi connectivity index (χ0v) is 13.0. The first-order valence-electron chi connectivity index (χ1n) is 8.28. The third-order valence-electron chi connectivity index (χ3n) is 4.87. The van der Waals surface area contributed by atoms with E-state index in [9.17, 15) is 0 Å². The Morgan fingerprint density at radius 2 is 2.27 bits per heavy atom. The zero-order chi connectivity index (χ0) is 14.9. The van der Waals surface area contributed by atoms with Crippen molar-refractivity contribution in [3.05, 3.63) is 47.8 Å². The van der Waals surface area contributed by atoms with Crippen LogP contribution >= 0.6 is 0 Å². The van der Waals surface area contributed by atoms with Crippen LogP contribution in [0.15, 0.2) is 36.7 Å². The lowest BCUT2D eigenvalue weighted by Crippen LogP contribution is -2.15. The smallest absolute Gasteiger partial charge is 0.0771 e. The van der Waals surface area contributed by atoms with Crippen LogP contribution in [0.1, 0.15) is 36.9 Å². The fourth-order valence-corrected chi connectivity index (χ4v) is 3.73. The van der Waals surface area contributed by atoms with E-state index in [1.807, 2.05) is 10.9 Å². The van der Waals surface area contributed by atoms with Crippen LogP contribution in [-0.2, 0) is 17.7 Å². The Balaban J connectivity index is 1.46. The molecule has 0 bridgehead atoms. The van der Waals surface area contributed by atoms with Gasteiger partial charge in [0.25, 0.3) is 0 Å². The second kappa shape index (κ2) is 5.76. The van der Waals surface area contributed by atoms with Gasteiger partial charge in [0.2, 0.25) is 0 Å². The van der Waals surface area contributed by atoms with Gasteiger partial charge in [0, 0.05) is 12.8 Å². The number of ether oxygens (including phenoxy) is 1. The van der Waals surface area contributed by atoms with Crippen molar-refractivity contribution < 1.29 is 4.74 Å². The molecule has 0 spiro atoms. The lowest BCUT2D eigenvalue weighted by Gasteiger charge is -2.18.